The van der Waals surface area contributed by atoms with Crippen molar-refractivity contribution in [1.82, 2.24) is 0 Å². The summed E-state index contributed by atoms with van der Waals surface area (Å²) in [4.78, 5) is 21.7. The Morgan fingerprint density at radius 1 is 1.30 bits per heavy atom. The van der Waals surface area contributed by atoms with Crippen LogP contribution in [0.15, 0.2) is 35.7 Å². The fourth-order valence-electron chi connectivity index (χ4n) is 4.85. The Kier molecular flexibility index (Phi) is 5.52. The second kappa shape index (κ2) is 7.98. The van der Waals surface area contributed by atoms with E-state index in [9.17, 15) is 9.18 Å². The normalized spacial score (nSPS) is 29.8. The monoisotopic (exact) mass is 434 g/mol. The Bertz CT molecular complexity index is 915. The number of amides is 1. The van der Waals surface area contributed by atoms with E-state index in [1.54, 1.807) is 6.07 Å². The van der Waals surface area contributed by atoms with Crippen LogP contribution in [0.5, 0.6) is 0 Å². The molecule has 5 rings (SSSR count). The first kappa shape index (κ1) is 20.8. The number of anilines is 1. The summed E-state index contributed by atoms with van der Waals surface area (Å²) < 4.78 is 26.2. The number of fused-ring (bicyclic) bond motifs is 5. The van der Waals surface area contributed by atoms with Gasteiger partial charge in [-0.2, -0.15) is 0 Å². The number of carboxylic acid groups (broad SMARTS) is 1. The van der Waals surface area contributed by atoms with Crippen LogP contribution in [0.2, 0.25) is 0 Å². The predicted octanol–water partition coefficient (Wildman–Crippen LogP) is 2.23. The molecule has 0 spiro atoms. The number of thiophene rings is 1. The first-order valence-corrected chi connectivity index (χ1v) is 10.6. The summed E-state index contributed by atoms with van der Waals surface area (Å²) in [5.74, 6) is -0.333. The van der Waals surface area contributed by atoms with Crippen molar-refractivity contribution in [3.63, 3.8) is 0 Å². The summed E-state index contributed by atoms with van der Waals surface area (Å²) >= 11 is 1.50. The van der Waals surface area contributed by atoms with E-state index in [0.717, 1.165) is 22.2 Å². The lowest BCUT2D eigenvalue weighted by atomic mass is 9.96. The van der Waals surface area contributed by atoms with Crippen molar-refractivity contribution >= 4 is 29.6 Å². The number of ether oxygens (including phenoxy) is 2. The highest BCUT2D eigenvalue weighted by Crippen LogP contribution is 2.51. The average molecular weight is 434 g/mol. The number of carbonyl (C=O) groups excluding carboxylic acids is 2. The fraction of sp³-hybridized carbons (Fsp3) is 0.429. The van der Waals surface area contributed by atoms with Crippen molar-refractivity contribution in [2.45, 2.75) is 43.2 Å². The number of rotatable bonds is 3. The van der Waals surface area contributed by atoms with Gasteiger partial charge in [0.15, 0.2) is 0 Å². The van der Waals surface area contributed by atoms with Gasteiger partial charge in [0.25, 0.3) is 0 Å². The molecule has 1 aromatic heterocycles. The van der Waals surface area contributed by atoms with Gasteiger partial charge in [0, 0.05) is 29.8 Å². The minimum absolute atomic E-state index is 0.104. The molecule has 1 N–H and O–H groups in total. The molecule has 3 aliphatic rings. The fourth-order valence-corrected chi connectivity index (χ4v) is 5.61. The zero-order valence-electron chi connectivity index (χ0n) is 16.6. The largest absolute Gasteiger partial charge is 0.554 e. The smallest absolute Gasteiger partial charge is 0.411 e. The molecule has 30 heavy (non-hydrogen) atoms. The van der Waals surface area contributed by atoms with Crippen LogP contribution in [0.1, 0.15) is 12.8 Å². The first-order chi connectivity index (χ1) is 14.3. The van der Waals surface area contributed by atoms with Crippen LogP contribution < -0.4 is 10.4 Å². The van der Waals surface area contributed by atoms with E-state index in [4.69, 9.17) is 19.4 Å². The van der Waals surface area contributed by atoms with E-state index in [1.165, 1.54) is 23.5 Å². The van der Waals surface area contributed by atoms with E-state index in [-0.39, 0.29) is 11.9 Å². The number of hydrogen-bond donors (Lipinski definition) is 1. The van der Waals surface area contributed by atoms with E-state index >= 15 is 0 Å². The van der Waals surface area contributed by atoms with Crippen LogP contribution >= 0.6 is 11.3 Å². The van der Waals surface area contributed by atoms with Crippen LogP contribution in [0, 0.1) is 5.82 Å². The molecule has 0 aliphatic carbocycles. The van der Waals surface area contributed by atoms with Gasteiger partial charge in [0.2, 0.25) is 0 Å². The van der Waals surface area contributed by atoms with E-state index in [0.29, 0.717) is 35.5 Å². The molecule has 1 unspecified atom stereocenters. The highest BCUT2D eigenvalue weighted by Gasteiger charge is 2.70. The first-order valence-electron chi connectivity index (χ1n) is 9.70. The number of halogens is 1. The molecule has 4 heterocycles. The number of likely N-dealkylation sites (N-methyl/N-ethyl adjacent to an activating group) is 1. The van der Waals surface area contributed by atoms with Gasteiger partial charge in [-0.05, 0) is 29.6 Å². The van der Waals surface area contributed by atoms with Crippen LogP contribution in [0.25, 0.3) is 10.4 Å². The number of epoxide rings is 1. The maximum atomic E-state index is 13.7. The van der Waals surface area contributed by atoms with Crippen molar-refractivity contribution in [2.75, 3.05) is 19.4 Å². The molecule has 0 saturated carbocycles. The second-order valence-corrected chi connectivity index (χ2v) is 9.16. The van der Waals surface area contributed by atoms with Gasteiger partial charge in [-0.1, -0.05) is 6.07 Å². The van der Waals surface area contributed by atoms with Crippen LogP contribution in [-0.4, -0.2) is 61.5 Å². The van der Waals surface area contributed by atoms with Gasteiger partial charge in [-0.15, -0.1) is 11.3 Å². The van der Waals surface area contributed by atoms with Crippen LogP contribution in [-0.2, 0) is 14.3 Å². The highest BCUT2D eigenvalue weighted by molar-refractivity contribution is 7.13. The summed E-state index contributed by atoms with van der Waals surface area (Å²) in [6.45, 7) is -0.500. The zero-order valence-corrected chi connectivity index (χ0v) is 17.4. The Morgan fingerprint density at radius 3 is 2.57 bits per heavy atom. The summed E-state index contributed by atoms with van der Waals surface area (Å²) in [5.41, 5.74) is 1.23. The SMILES string of the molecule is C[N+]1(C)[C@@H]2CC(OC(=O)Nc3ccc(F)cc3-c3cccs3)C[C@H]1[C@H]1O[C@H]12.O=C[O-]. The molecule has 1 amide bonds. The van der Waals surface area contributed by atoms with Gasteiger partial charge in [-0.25, -0.2) is 9.18 Å². The number of benzene rings is 1. The Morgan fingerprint density at radius 2 is 1.97 bits per heavy atom. The van der Waals surface area contributed by atoms with Gasteiger partial charge in [0.1, 0.15) is 36.2 Å². The van der Waals surface area contributed by atoms with E-state index in [1.807, 2.05) is 17.5 Å². The van der Waals surface area contributed by atoms with Gasteiger partial charge >= 0.3 is 6.09 Å². The van der Waals surface area contributed by atoms with Crippen molar-refractivity contribution in [2.24, 2.45) is 0 Å². The quantitative estimate of drug-likeness (QED) is 0.455. The topological polar surface area (TPSA) is 91.0 Å². The zero-order chi connectivity index (χ0) is 21.5. The molecule has 3 fully saturated rings. The molecular formula is C21H23FN2O5S. The molecule has 9 heteroatoms. The maximum absolute atomic E-state index is 13.7. The summed E-state index contributed by atoms with van der Waals surface area (Å²) in [6.07, 6.45) is 1.70. The number of morpholine rings is 1. The number of piperidine rings is 1. The molecule has 2 aromatic rings. The number of hydrogen-bond acceptors (Lipinski definition) is 6. The summed E-state index contributed by atoms with van der Waals surface area (Å²) in [6, 6.07) is 8.95. The lowest BCUT2D eigenvalue weighted by Crippen LogP contribution is -2.60. The van der Waals surface area contributed by atoms with Crippen molar-refractivity contribution in [1.29, 1.82) is 0 Å². The minimum atomic E-state index is -0.500. The molecule has 3 aliphatic heterocycles. The Labute approximate surface area is 177 Å². The number of nitrogens with zero attached hydrogens (tertiary/aromatic N) is 1. The lowest BCUT2D eigenvalue weighted by molar-refractivity contribution is -0.938. The summed E-state index contributed by atoms with van der Waals surface area (Å²) in [5, 5.41) is 13.0. The van der Waals surface area contributed by atoms with E-state index < -0.39 is 12.6 Å². The van der Waals surface area contributed by atoms with Crippen LogP contribution in [0.4, 0.5) is 14.9 Å². The molecule has 5 atom stereocenters. The second-order valence-electron chi connectivity index (χ2n) is 8.22. The van der Waals surface area contributed by atoms with Gasteiger partial charge < -0.3 is 23.9 Å². The predicted molar refractivity (Wildman–Crippen MR) is 107 cm³/mol. The molecule has 160 valence electrons. The number of quaternary nitrogens is 1. The minimum Gasteiger partial charge on any atom is -0.554 e. The third-order valence-electron chi connectivity index (χ3n) is 6.32. The lowest BCUT2D eigenvalue weighted by Gasteiger charge is -2.45. The van der Waals surface area contributed by atoms with Gasteiger partial charge in [-0.3, -0.25) is 5.32 Å². The van der Waals surface area contributed by atoms with Crippen molar-refractivity contribution in [3.8, 4) is 10.4 Å². The summed E-state index contributed by atoms with van der Waals surface area (Å²) in [7, 11) is 4.49. The van der Waals surface area contributed by atoms with Crippen LogP contribution in [0.3, 0.4) is 0 Å². The molecule has 3 saturated heterocycles. The Balaban J connectivity index is 0.000000687. The average Bonchev–Trinajstić information content (AvgIpc) is 3.24. The molecule has 0 radical (unpaired) electrons. The maximum Gasteiger partial charge on any atom is 0.411 e. The van der Waals surface area contributed by atoms with Crippen molar-refractivity contribution in [3.05, 3.63) is 41.5 Å². The van der Waals surface area contributed by atoms with Gasteiger partial charge in [0.05, 0.1) is 19.8 Å². The molecule has 7 nitrogen and oxygen atoms in total. The number of carbonyl (C=O) groups is 2. The standard InChI is InChI=1S/C20H21FN2O3S.CH2O2/c1-23(2)15-9-12(10-16(23)19-18(15)26-19)25-20(24)22-14-6-5-11(21)8-13(14)17-4-3-7-27-17;2-1-3/h3-8,12,15-16,18-19H,9-10H2,1-2H3;1H,(H,2,3)/t12?,15-,16+,18+,19-;. The van der Waals surface area contributed by atoms with E-state index in [2.05, 4.69) is 19.4 Å². The highest BCUT2D eigenvalue weighted by atomic mass is 32.1. The number of nitrogens with one attached hydrogen (secondary N) is 1. The van der Waals surface area contributed by atoms with Crippen molar-refractivity contribution < 1.29 is 33.0 Å². The molecule has 2 bridgehead atoms. The third kappa shape index (κ3) is 3.80. The molecule has 1 aromatic carbocycles. The Hall–Kier alpha value is -2.49. The third-order valence-corrected chi connectivity index (χ3v) is 7.22. The molecular weight excluding hydrogens is 411 g/mol.